The highest BCUT2D eigenvalue weighted by Gasteiger charge is 2.49. The van der Waals surface area contributed by atoms with Gasteiger partial charge in [-0.2, -0.15) is 5.10 Å². The molecule has 1 amide bonds. The second-order valence-electron chi connectivity index (χ2n) is 9.65. The fourth-order valence-electron chi connectivity index (χ4n) is 4.74. The third kappa shape index (κ3) is 3.12. The molecule has 5 nitrogen and oxygen atoms in total. The lowest BCUT2D eigenvalue weighted by Crippen LogP contribution is -2.61. The zero-order valence-electron chi connectivity index (χ0n) is 15.7. The Kier molecular flexibility index (Phi) is 3.98. The average molecular weight is 345 g/mol. The molecule has 1 saturated heterocycles. The van der Waals surface area contributed by atoms with Crippen LogP contribution in [0.2, 0.25) is 0 Å². The molecule has 3 fully saturated rings. The highest BCUT2D eigenvalue weighted by molar-refractivity contribution is 5.80. The van der Waals surface area contributed by atoms with Crippen molar-refractivity contribution in [1.29, 1.82) is 0 Å². The molecule has 1 aromatic heterocycles. The summed E-state index contributed by atoms with van der Waals surface area (Å²) in [5, 5.41) is 14.2. The Morgan fingerprint density at radius 3 is 2.40 bits per heavy atom. The van der Waals surface area contributed by atoms with E-state index in [1.807, 2.05) is 4.90 Å². The van der Waals surface area contributed by atoms with Gasteiger partial charge in [-0.25, -0.2) is 0 Å². The van der Waals surface area contributed by atoms with Crippen LogP contribution in [0.1, 0.15) is 70.9 Å². The summed E-state index contributed by atoms with van der Waals surface area (Å²) < 4.78 is 2.07. The normalized spacial score (nSPS) is 29.4. The van der Waals surface area contributed by atoms with E-state index in [1.165, 1.54) is 31.4 Å². The van der Waals surface area contributed by atoms with Crippen LogP contribution in [0, 0.1) is 11.3 Å². The van der Waals surface area contributed by atoms with Gasteiger partial charge >= 0.3 is 0 Å². The molecule has 0 atom stereocenters. The molecule has 2 heterocycles. The number of nitrogens with zero attached hydrogens (tertiary/aromatic N) is 3. The summed E-state index contributed by atoms with van der Waals surface area (Å²) in [6.07, 6.45) is 7.98. The maximum atomic E-state index is 12.4. The third-order valence-electron chi connectivity index (χ3n) is 6.59. The lowest BCUT2D eigenvalue weighted by atomic mass is 9.65. The van der Waals surface area contributed by atoms with Gasteiger partial charge in [0.2, 0.25) is 5.91 Å². The van der Waals surface area contributed by atoms with Crippen molar-refractivity contribution < 1.29 is 9.90 Å². The van der Waals surface area contributed by atoms with Crippen LogP contribution >= 0.6 is 0 Å². The summed E-state index contributed by atoms with van der Waals surface area (Å²) in [7, 11) is 0. The standard InChI is InChI=1S/C20H31N3O2/c1-19(2,3)23-9-6-17(21-23)14-4-7-20(8-5-14)12-22(13-20)18(25)15-10-16(24)11-15/h6,9,14-16,24H,4-5,7-8,10-13H2,1-3H3. The molecule has 4 rings (SSSR count). The van der Waals surface area contributed by atoms with Crippen molar-refractivity contribution in [1.82, 2.24) is 14.7 Å². The van der Waals surface area contributed by atoms with Crippen LogP contribution in [-0.4, -0.2) is 44.9 Å². The Balaban J connectivity index is 1.29. The first-order valence-electron chi connectivity index (χ1n) is 9.79. The first-order valence-corrected chi connectivity index (χ1v) is 9.79. The van der Waals surface area contributed by atoms with Gasteiger partial charge in [0.05, 0.1) is 17.3 Å². The number of amides is 1. The Morgan fingerprint density at radius 2 is 1.88 bits per heavy atom. The summed E-state index contributed by atoms with van der Waals surface area (Å²) in [5.74, 6) is 0.938. The van der Waals surface area contributed by atoms with Gasteiger partial charge in [-0.3, -0.25) is 9.48 Å². The molecule has 0 unspecified atom stereocenters. The van der Waals surface area contributed by atoms with Crippen molar-refractivity contribution in [2.75, 3.05) is 13.1 Å². The fourth-order valence-corrected chi connectivity index (χ4v) is 4.74. The molecule has 25 heavy (non-hydrogen) atoms. The molecule has 1 spiro atoms. The Morgan fingerprint density at radius 1 is 1.24 bits per heavy atom. The van der Waals surface area contributed by atoms with Gasteiger partial charge in [0.1, 0.15) is 0 Å². The van der Waals surface area contributed by atoms with Crippen molar-refractivity contribution in [3.8, 4) is 0 Å². The van der Waals surface area contributed by atoms with Crippen LogP contribution in [0.25, 0.3) is 0 Å². The molecular weight excluding hydrogens is 314 g/mol. The van der Waals surface area contributed by atoms with Crippen LogP contribution in [0.3, 0.4) is 0 Å². The zero-order chi connectivity index (χ0) is 17.8. The predicted molar refractivity (Wildman–Crippen MR) is 96.2 cm³/mol. The summed E-state index contributed by atoms with van der Waals surface area (Å²) in [4.78, 5) is 14.4. The van der Waals surface area contributed by atoms with Gasteiger partial charge in [0, 0.05) is 36.5 Å². The van der Waals surface area contributed by atoms with Crippen molar-refractivity contribution in [3.63, 3.8) is 0 Å². The molecule has 0 radical (unpaired) electrons. The number of carbonyl (C=O) groups is 1. The van der Waals surface area contributed by atoms with Crippen molar-refractivity contribution in [2.45, 2.75) is 76.9 Å². The molecule has 2 aliphatic carbocycles. The Bertz CT molecular complexity index is 638. The summed E-state index contributed by atoms with van der Waals surface area (Å²) in [6.45, 7) is 8.41. The number of likely N-dealkylation sites (tertiary alicyclic amines) is 1. The van der Waals surface area contributed by atoms with Crippen LogP contribution in [0.15, 0.2) is 12.3 Å². The molecule has 1 N–H and O–H groups in total. The van der Waals surface area contributed by atoms with Crippen molar-refractivity contribution in [3.05, 3.63) is 18.0 Å². The zero-order valence-corrected chi connectivity index (χ0v) is 15.7. The van der Waals surface area contributed by atoms with Crippen LogP contribution < -0.4 is 0 Å². The fraction of sp³-hybridized carbons (Fsp3) is 0.800. The first kappa shape index (κ1) is 17.1. The van der Waals surface area contributed by atoms with Gasteiger partial charge < -0.3 is 10.0 Å². The molecule has 3 aliphatic rings. The quantitative estimate of drug-likeness (QED) is 0.897. The SMILES string of the molecule is CC(C)(C)n1ccc(C2CCC3(CC2)CN(C(=O)C2CC(O)C2)C3)n1. The number of carbonyl (C=O) groups excluding carboxylic acids is 1. The van der Waals surface area contributed by atoms with Crippen molar-refractivity contribution >= 4 is 5.91 Å². The van der Waals surface area contributed by atoms with E-state index in [0.717, 1.165) is 13.1 Å². The van der Waals surface area contributed by atoms with Gasteiger partial charge in [-0.1, -0.05) is 0 Å². The maximum Gasteiger partial charge on any atom is 0.225 e. The van der Waals surface area contributed by atoms with Crippen molar-refractivity contribution in [2.24, 2.45) is 11.3 Å². The Hall–Kier alpha value is -1.36. The summed E-state index contributed by atoms with van der Waals surface area (Å²) in [6, 6.07) is 2.19. The lowest BCUT2D eigenvalue weighted by molar-refractivity contribution is -0.157. The molecule has 138 valence electrons. The third-order valence-corrected chi connectivity index (χ3v) is 6.59. The van der Waals surface area contributed by atoms with Gasteiger partial charge in [-0.05, 0) is 65.4 Å². The maximum absolute atomic E-state index is 12.4. The van der Waals surface area contributed by atoms with Gasteiger partial charge in [-0.15, -0.1) is 0 Å². The van der Waals surface area contributed by atoms with E-state index in [2.05, 4.69) is 37.7 Å². The number of hydrogen-bond acceptors (Lipinski definition) is 3. The topological polar surface area (TPSA) is 58.4 Å². The number of aliphatic hydroxyl groups excluding tert-OH is 1. The molecule has 1 aromatic rings. The number of rotatable bonds is 2. The lowest BCUT2D eigenvalue weighted by Gasteiger charge is -2.54. The van der Waals surface area contributed by atoms with E-state index in [-0.39, 0.29) is 23.5 Å². The second-order valence-corrected chi connectivity index (χ2v) is 9.65. The average Bonchev–Trinajstić information content (AvgIpc) is 2.99. The molecule has 1 aliphatic heterocycles. The number of aromatic nitrogens is 2. The summed E-state index contributed by atoms with van der Waals surface area (Å²) in [5.41, 5.74) is 1.64. The molecule has 0 bridgehead atoms. The van der Waals surface area contributed by atoms with E-state index in [9.17, 15) is 9.90 Å². The molecule has 5 heteroatoms. The predicted octanol–water partition coefficient (Wildman–Crippen LogP) is 2.90. The minimum absolute atomic E-state index is 0.0398. The van der Waals surface area contributed by atoms with E-state index < -0.39 is 0 Å². The van der Waals surface area contributed by atoms with Crippen LogP contribution in [-0.2, 0) is 10.3 Å². The molecule has 2 saturated carbocycles. The second kappa shape index (κ2) is 5.83. The highest BCUT2D eigenvalue weighted by atomic mass is 16.3. The van der Waals surface area contributed by atoms with Crippen LogP contribution in [0.4, 0.5) is 0 Å². The van der Waals surface area contributed by atoms with E-state index in [1.54, 1.807) is 0 Å². The monoisotopic (exact) mass is 345 g/mol. The Labute approximate surface area is 150 Å². The number of aliphatic hydroxyl groups is 1. The molecule has 0 aromatic carbocycles. The van der Waals surface area contributed by atoms with Gasteiger partial charge in [0.25, 0.3) is 0 Å². The minimum Gasteiger partial charge on any atom is -0.393 e. The molecular formula is C20H31N3O2. The van der Waals surface area contributed by atoms with E-state index >= 15 is 0 Å². The first-order chi connectivity index (χ1) is 11.8. The van der Waals surface area contributed by atoms with Gasteiger partial charge in [0.15, 0.2) is 0 Å². The highest BCUT2D eigenvalue weighted by Crippen LogP contribution is 2.49. The van der Waals surface area contributed by atoms with Crippen LogP contribution in [0.5, 0.6) is 0 Å². The van der Waals surface area contributed by atoms with E-state index in [4.69, 9.17) is 5.10 Å². The van der Waals surface area contributed by atoms with E-state index in [0.29, 0.717) is 24.2 Å². The number of hydrogen-bond donors (Lipinski definition) is 1. The summed E-state index contributed by atoms with van der Waals surface area (Å²) >= 11 is 0. The minimum atomic E-state index is -0.243. The largest absolute Gasteiger partial charge is 0.393 e. The smallest absolute Gasteiger partial charge is 0.225 e.